The van der Waals surface area contributed by atoms with Crippen molar-refractivity contribution in [2.24, 2.45) is 5.92 Å². The molecule has 2 rings (SSSR count). The molecule has 2 saturated heterocycles. The van der Waals surface area contributed by atoms with E-state index >= 15 is 0 Å². The second kappa shape index (κ2) is 3.87. The van der Waals surface area contributed by atoms with Crippen LogP contribution in [0.1, 0.15) is 6.42 Å². The van der Waals surface area contributed by atoms with Gasteiger partial charge in [0.15, 0.2) is 0 Å². The van der Waals surface area contributed by atoms with E-state index in [0.29, 0.717) is 0 Å². The summed E-state index contributed by atoms with van der Waals surface area (Å²) in [7, 11) is 0. The predicted molar refractivity (Wildman–Crippen MR) is 47.4 cm³/mol. The Labute approximate surface area is 89.8 Å². The Balaban J connectivity index is 2.02. The van der Waals surface area contributed by atoms with E-state index in [4.69, 9.17) is 0 Å². The number of nitrogens with zero attached hydrogens (tertiary/aromatic N) is 1. The Kier molecular flexibility index (Phi) is 2.81. The first kappa shape index (κ1) is 11.6. The van der Waals surface area contributed by atoms with Crippen molar-refractivity contribution < 1.29 is 22.4 Å². The minimum Gasteiger partial charge on any atom is -0.335 e. The Bertz CT molecular complexity index is 285. The summed E-state index contributed by atoms with van der Waals surface area (Å²) in [5, 5.41) is 3.06. The van der Waals surface area contributed by atoms with Crippen LogP contribution in [0.2, 0.25) is 0 Å². The lowest BCUT2D eigenvalue weighted by molar-refractivity contribution is -0.179. The van der Waals surface area contributed by atoms with Gasteiger partial charge in [0.05, 0.1) is 0 Å². The first-order chi connectivity index (χ1) is 7.43. The highest BCUT2D eigenvalue weighted by Gasteiger charge is 2.53. The molecule has 3 nitrogen and oxygen atoms in total. The zero-order chi connectivity index (χ0) is 11.9. The van der Waals surface area contributed by atoms with Crippen LogP contribution in [0.15, 0.2) is 0 Å². The number of halogens is 4. The number of hydrogen-bond acceptors (Lipinski definition) is 2. The van der Waals surface area contributed by atoms with Crippen molar-refractivity contribution >= 4 is 5.91 Å². The average Bonchev–Trinajstić information content (AvgIpc) is 2.74. The molecular formula is C9H12F4N2O. The molecule has 7 heteroatoms. The molecule has 2 aliphatic rings. The summed E-state index contributed by atoms with van der Waals surface area (Å²) in [6, 6.07) is -0.0163. The second-order valence-electron chi connectivity index (χ2n) is 4.24. The summed E-state index contributed by atoms with van der Waals surface area (Å²) >= 11 is 0. The van der Waals surface area contributed by atoms with E-state index in [9.17, 15) is 22.4 Å². The number of fused-ring (bicyclic) bond motifs is 1. The molecule has 1 N–H and O–H groups in total. The molecule has 0 aromatic rings. The van der Waals surface area contributed by atoms with Crippen LogP contribution in [0.4, 0.5) is 17.6 Å². The third-order valence-corrected chi connectivity index (χ3v) is 3.21. The molecule has 0 spiro atoms. The maximum Gasteiger partial charge on any atom is 0.383 e. The van der Waals surface area contributed by atoms with Crippen molar-refractivity contribution in [2.45, 2.75) is 24.8 Å². The third-order valence-electron chi connectivity index (χ3n) is 3.21. The van der Waals surface area contributed by atoms with Gasteiger partial charge in [0, 0.05) is 19.1 Å². The van der Waals surface area contributed by atoms with Crippen molar-refractivity contribution in [2.75, 3.05) is 19.6 Å². The molecule has 0 unspecified atom stereocenters. The Morgan fingerprint density at radius 1 is 1.38 bits per heavy atom. The number of hydrogen-bond donors (Lipinski definition) is 1. The van der Waals surface area contributed by atoms with Crippen molar-refractivity contribution in [3.63, 3.8) is 0 Å². The highest BCUT2D eigenvalue weighted by atomic mass is 19.3. The van der Waals surface area contributed by atoms with E-state index in [2.05, 4.69) is 5.32 Å². The average molecular weight is 240 g/mol. The smallest absolute Gasteiger partial charge is 0.335 e. The van der Waals surface area contributed by atoms with Gasteiger partial charge in [-0.25, -0.2) is 8.78 Å². The van der Waals surface area contributed by atoms with Gasteiger partial charge in [-0.1, -0.05) is 0 Å². The summed E-state index contributed by atoms with van der Waals surface area (Å²) < 4.78 is 49.6. The quantitative estimate of drug-likeness (QED) is 0.721. The minimum absolute atomic E-state index is 0.0163. The van der Waals surface area contributed by atoms with Crippen LogP contribution in [-0.2, 0) is 4.79 Å². The van der Waals surface area contributed by atoms with Gasteiger partial charge in [-0.3, -0.25) is 4.79 Å². The molecule has 2 heterocycles. The van der Waals surface area contributed by atoms with E-state index in [-0.39, 0.29) is 25.0 Å². The molecule has 0 radical (unpaired) electrons. The fourth-order valence-corrected chi connectivity index (χ4v) is 2.32. The minimum atomic E-state index is -4.56. The van der Waals surface area contributed by atoms with Gasteiger partial charge in [-0.2, -0.15) is 8.78 Å². The summed E-state index contributed by atoms with van der Waals surface area (Å²) in [6.45, 7) is 1.05. The SMILES string of the molecule is O=C(N1C[C@@H]2CCN[C@@H]2C1)C(F)(F)C(F)F. The van der Waals surface area contributed by atoms with Gasteiger partial charge in [0.2, 0.25) is 0 Å². The van der Waals surface area contributed by atoms with Crippen molar-refractivity contribution in [3.05, 3.63) is 0 Å². The number of alkyl halides is 4. The van der Waals surface area contributed by atoms with E-state index in [0.717, 1.165) is 17.9 Å². The van der Waals surface area contributed by atoms with Crippen LogP contribution < -0.4 is 5.32 Å². The molecule has 16 heavy (non-hydrogen) atoms. The second-order valence-corrected chi connectivity index (χ2v) is 4.24. The molecule has 0 saturated carbocycles. The van der Waals surface area contributed by atoms with E-state index in [1.807, 2.05) is 0 Å². The van der Waals surface area contributed by atoms with Gasteiger partial charge in [0.25, 0.3) is 5.91 Å². The highest BCUT2D eigenvalue weighted by molar-refractivity contribution is 5.84. The highest BCUT2D eigenvalue weighted by Crippen LogP contribution is 2.30. The molecule has 2 aliphatic heterocycles. The molecule has 92 valence electrons. The molecule has 0 aromatic heterocycles. The fraction of sp³-hybridized carbons (Fsp3) is 0.889. The summed E-state index contributed by atoms with van der Waals surface area (Å²) in [5.41, 5.74) is 0. The van der Waals surface area contributed by atoms with Crippen LogP contribution >= 0.6 is 0 Å². The number of carbonyl (C=O) groups is 1. The fourth-order valence-electron chi connectivity index (χ4n) is 2.32. The van der Waals surface area contributed by atoms with E-state index in [1.165, 1.54) is 0 Å². The Morgan fingerprint density at radius 2 is 2.06 bits per heavy atom. The number of nitrogens with one attached hydrogen (secondary N) is 1. The number of amides is 1. The maximum atomic E-state index is 12.8. The van der Waals surface area contributed by atoms with Crippen LogP contribution in [0.5, 0.6) is 0 Å². The topological polar surface area (TPSA) is 32.3 Å². The van der Waals surface area contributed by atoms with Gasteiger partial charge < -0.3 is 10.2 Å². The van der Waals surface area contributed by atoms with E-state index < -0.39 is 18.3 Å². The van der Waals surface area contributed by atoms with Gasteiger partial charge in [-0.15, -0.1) is 0 Å². The zero-order valence-electron chi connectivity index (χ0n) is 8.43. The normalized spacial score (nSPS) is 29.9. The molecule has 0 bridgehead atoms. The first-order valence-electron chi connectivity index (χ1n) is 5.11. The number of carbonyl (C=O) groups excluding carboxylic acids is 1. The summed E-state index contributed by atoms with van der Waals surface area (Å²) in [4.78, 5) is 12.0. The Morgan fingerprint density at radius 3 is 2.62 bits per heavy atom. The lowest BCUT2D eigenvalue weighted by atomic mass is 10.1. The van der Waals surface area contributed by atoms with Crippen LogP contribution in [0, 0.1) is 5.92 Å². The Hall–Kier alpha value is -0.850. The molecule has 2 fully saturated rings. The maximum absolute atomic E-state index is 12.8. The van der Waals surface area contributed by atoms with Gasteiger partial charge >= 0.3 is 12.3 Å². The largest absolute Gasteiger partial charge is 0.383 e. The standard InChI is InChI=1S/C9H12F4N2O/c10-7(11)9(12,13)8(16)15-3-5-1-2-14-6(5)4-15/h5-7,14H,1-4H2/t5-,6+/m0/s1. The van der Waals surface area contributed by atoms with Crippen LogP contribution in [0.3, 0.4) is 0 Å². The summed E-state index contributed by atoms with van der Waals surface area (Å²) in [6.07, 6.45) is -3.14. The van der Waals surface area contributed by atoms with Crippen LogP contribution in [-0.4, -0.2) is 48.8 Å². The lowest BCUT2D eigenvalue weighted by Crippen LogP contribution is -2.47. The van der Waals surface area contributed by atoms with Crippen molar-refractivity contribution in [1.82, 2.24) is 10.2 Å². The van der Waals surface area contributed by atoms with Crippen molar-refractivity contribution in [1.29, 1.82) is 0 Å². The number of rotatable bonds is 2. The van der Waals surface area contributed by atoms with Crippen LogP contribution in [0.25, 0.3) is 0 Å². The third kappa shape index (κ3) is 1.77. The molecular weight excluding hydrogens is 228 g/mol. The monoisotopic (exact) mass is 240 g/mol. The molecule has 0 aliphatic carbocycles. The van der Waals surface area contributed by atoms with E-state index in [1.54, 1.807) is 0 Å². The lowest BCUT2D eigenvalue weighted by Gasteiger charge is -2.22. The predicted octanol–water partition coefficient (Wildman–Crippen LogP) is 0.707. The molecule has 0 aromatic carbocycles. The zero-order valence-corrected chi connectivity index (χ0v) is 8.43. The number of likely N-dealkylation sites (tertiary alicyclic amines) is 1. The van der Waals surface area contributed by atoms with Crippen molar-refractivity contribution in [3.8, 4) is 0 Å². The summed E-state index contributed by atoms with van der Waals surface area (Å²) in [5.74, 6) is -6.19. The molecule has 1 amide bonds. The molecule has 2 atom stereocenters. The van der Waals surface area contributed by atoms with Gasteiger partial charge in [0.1, 0.15) is 0 Å². The first-order valence-corrected chi connectivity index (χ1v) is 5.11. The van der Waals surface area contributed by atoms with Gasteiger partial charge in [-0.05, 0) is 18.9 Å².